The van der Waals surface area contributed by atoms with Gasteiger partial charge in [-0.15, -0.1) is 0 Å². The molecule has 1 aromatic heterocycles. The minimum absolute atomic E-state index is 0.0940. The molecule has 0 radical (unpaired) electrons. The molecule has 0 bridgehead atoms. The third-order valence-electron chi connectivity index (χ3n) is 1.79. The van der Waals surface area contributed by atoms with Crippen LogP contribution in [0.2, 0.25) is 0 Å². The molecule has 0 aliphatic heterocycles. The van der Waals surface area contributed by atoms with Gasteiger partial charge in [-0.3, -0.25) is 4.72 Å². The molecule has 16 heavy (non-hydrogen) atoms. The molecule has 1 heterocycles. The molecule has 0 aliphatic carbocycles. The summed E-state index contributed by atoms with van der Waals surface area (Å²) in [6.45, 7) is 8.20. The molecule has 0 aromatic carbocycles. The van der Waals surface area contributed by atoms with Gasteiger partial charge < -0.3 is 0 Å². The number of hydrogen-bond donors (Lipinski definition) is 1. The molecule has 0 fully saturated rings. The number of rotatable bonds is 3. The van der Waals surface area contributed by atoms with E-state index in [1.54, 1.807) is 18.0 Å². The second kappa shape index (κ2) is 5.47. The first-order chi connectivity index (χ1) is 7.29. The Morgan fingerprint density at radius 1 is 1.44 bits per heavy atom. The van der Waals surface area contributed by atoms with Crippen LogP contribution in [0.25, 0.3) is 0 Å². The van der Waals surface area contributed by atoms with Crippen molar-refractivity contribution in [2.45, 2.75) is 38.5 Å². The molecule has 0 aliphatic rings. The number of aromatic nitrogens is 1. The zero-order chi connectivity index (χ0) is 12.3. The maximum absolute atomic E-state index is 13.5. The van der Waals surface area contributed by atoms with E-state index in [1.807, 2.05) is 6.92 Å². The first kappa shape index (κ1) is 13.9. The summed E-state index contributed by atoms with van der Waals surface area (Å²) in [4.78, 5) is 4.14. The Kier molecular flexibility index (Phi) is 4.76. The Hall–Kier alpha value is -0.130. The normalized spacial score (nSPS) is 13.9. The Labute approximate surface area is 109 Å². The lowest BCUT2D eigenvalue weighted by molar-refractivity contribution is 0.566. The highest BCUT2D eigenvalue weighted by Crippen LogP contribution is 2.25. The minimum atomic E-state index is -0.280. The van der Waals surface area contributed by atoms with Crippen LogP contribution in [0.1, 0.15) is 39.4 Å². The average Bonchev–Trinajstić information content (AvgIpc) is 2.17. The van der Waals surface area contributed by atoms with Crippen molar-refractivity contribution in [3.63, 3.8) is 0 Å². The van der Waals surface area contributed by atoms with Crippen molar-refractivity contribution in [2.75, 3.05) is 0 Å². The molecule has 1 rings (SSSR count). The highest BCUT2D eigenvalue weighted by Gasteiger charge is 2.17. The van der Waals surface area contributed by atoms with Crippen molar-refractivity contribution in [1.82, 2.24) is 9.71 Å². The van der Waals surface area contributed by atoms with E-state index >= 15 is 0 Å². The highest BCUT2D eigenvalue weighted by atomic mass is 79.9. The Balaban J connectivity index is 2.73. The highest BCUT2D eigenvalue weighted by molar-refractivity contribution is 9.10. The first-order valence-corrected chi connectivity index (χ1v) is 6.66. The van der Waals surface area contributed by atoms with Crippen LogP contribution in [-0.2, 0) is 0 Å². The fourth-order valence-electron chi connectivity index (χ4n) is 1.06. The number of nitrogens with one attached hydrogen (secondary N) is 1. The smallest absolute Gasteiger partial charge is 0.146 e. The summed E-state index contributed by atoms with van der Waals surface area (Å²) >= 11 is 4.82. The molecule has 0 amide bonds. The zero-order valence-corrected chi connectivity index (χ0v) is 12.2. The summed E-state index contributed by atoms with van der Waals surface area (Å²) in [5.74, 6) is -0.280. The Morgan fingerprint density at radius 2 is 2.06 bits per heavy atom. The van der Waals surface area contributed by atoms with Gasteiger partial charge in [0, 0.05) is 4.75 Å². The molecule has 0 saturated heterocycles. The van der Waals surface area contributed by atoms with E-state index in [0.29, 0.717) is 10.3 Å². The SMILES string of the molecule is CC(NSC(C)(C)C)c1nc(Br)ccc1F. The van der Waals surface area contributed by atoms with Crippen LogP contribution >= 0.6 is 27.9 Å². The van der Waals surface area contributed by atoms with Crippen molar-refractivity contribution in [3.05, 3.63) is 28.2 Å². The van der Waals surface area contributed by atoms with Gasteiger partial charge in [0.25, 0.3) is 0 Å². The lowest BCUT2D eigenvalue weighted by Crippen LogP contribution is -2.21. The zero-order valence-electron chi connectivity index (χ0n) is 9.84. The van der Waals surface area contributed by atoms with Crippen LogP contribution in [0.3, 0.4) is 0 Å². The van der Waals surface area contributed by atoms with Gasteiger partial charge in [-0.2, -0.15) is 0 Å². The van der Waals surface area contributed by atoms with E-state index in [1.165, 1.54) is 6.07 Å². The molecule has 0 saturated carbocycles. The van der Waals surface area contributed by atoms with Crippen LogP contribution in [0.15, 0.2) is 16.7 Å². The average molecular weight is 307 g/mol. The van der Waals surface area contributed by atoms with Crippen molar-refractivity contribution in [2.24, 2.45) is 0 Å². The molecule has 1 unspecified atom stereocenters. The number of pyridine rings is 1. The van der Waals surface area contributed by atoms with Crippen LogP contribution in [0.4, 0.5) is 4.39 Å². The van der Waals surface area contributed by atoms with Gasteiger partial charge in [0.2, 0.25) is 0 Å². The van der Waals surface area contributed by atoms with E-state index in [0.717, 1.165) is 0 Å². The maximum Gasteiger partial charge on any atom is 0.146 e. The fraction of sp³-hybridized carbons (Fsp3) is 0.545. The summed E-state index contributed by atoms with van der Waals surface area (Å²) < 4.78 is 17.5. The van der Waals surface area contributed by atoms with E-state index in [-0.39, 0.29) is 16.6 Å². The summed E-state index contributed by atoms with van der Waals surface area (Å²) in [6.07, 6.45) is 0. The maximum atomic E-state index is 13.5. The van der Waals surface area contributed by atoms with Crippen LogP contribution in [-0.4, -0.2) is 9.73 Å². The third-order valence-corrected chi connectivity index (χ3v) is 3.32. The molecule has 0 spiro atoms. The van der Waals surface area contributed by atoms with Crippen molar-refractivity contribution in [3.8, 4) is 0 Å². The lowest BCUT2D eigenvalue weighted by atomic mass is 10.2. The largest absolute Gasteiger partial charge is 0.255 e. The van der Waals surface area contributed by atoms with E-state index < -0.39 is 0 Å². The quantitative estimate of drug-likeness (QED) is 0.673. The van der Waals surface area contributed by atoms with Gasteiger partial charge in [-0.25, -0.2) is 9.37 Å². The molecule has 2 nitrogen and oxygen atoms in total. The number of halogens is 2. The van der Waals surface area contributed by atoms with Crippen molar-refractivity contribution in [1.29, 1.82) is 0 Å². The Morgan fingerprint density at radius 3 is 2.62 bits per heavy atom. The standard InChI is InChI=1S/C11H16BrFN2S/c1-7(15-16-11(2,3)4)10-8(13)5-6-9(12)14-10/h5-7,15H,1-4H3. The fourth-order valence-corrected chi connectivity index (χ4v) is 2.02. The predicted octanol–water partition coefficient (Wildman–Crippen LogP) is 4.08. The van der Waals surface area contributed by atoms with Crippen LogP contribution < -0.4 is 4.72 Å². The summed E-state index contributed by atoms with van der Waals surface area (Å²) in [7, 11) is 0. The van der Waals surface area contributed by atoms with E-state index in [9.17, 15) is 4.39 Å². The molecule has 1 aromatic rings. The van der Waals surface area contributed by atoms with Crippen LogP contribution in [0, 0.1) is 5.82 Å². The summed E-state index contributed by atoms with van der Waals surface area (Å²) in [5.41, 5.74) is 0.436. The second-order valence-corrected chi connectivity index (χ2v) is 7.03. The van der Waals surface area contributed by atoms with Crippen molar-refractivity contribution >= 4 is 27.9 Å². The van der Waals surface area contributed by atoms with E-state index in [2.05, 4.69) is 46.4 Å². The lowest BCUT2D eigenvalue weighted by Gasteiger charge is -2.21. The first-order valence-electron chi connectivity index (χ1n) is 5.05. The topological polar surface area (TPSA) is 24.9 Å². The second-order valence-electron chi connectivity index (χ2n) is 4.56. The van der Waals surface area contributed by atoms with Crippen LogP contribution in [0.5, 0.6) is 0 Å². The van der Waals surface area contributed by atoms with Gasteiger partial charge in [0.05, 0.1) is 11.7 Å². The monoisotopic (exact) mass is 306 g/mol. The molecular weight excluding hydrogens is 291 g/mol. The van der Waals surface area contributed by atoms with Gasteiger partial charge in [0.1, 0.15) is 10.4 Å². The number of nitrogens with zero attached hydrogens (tertiary/aromatic N) is 1. The van der Waals surface area contributed by atoms with E-state index in [4.69, 9.17) is 0 Å². The minimum Gasteiger partial charge on any atom is -0.255 e. The summed E-state index contributed by atoms with van der Waals surface area (Å²) in [5, 5.41) is 0. The van der Waals surface area contributed by atoms with Gasteiger partial charge in [-0.1, -0.05) is 11.9 Å². The molecular formula is C11H16BrFN2S. The molecule has 5 heteroatoms. The summed E-state index contributed by atoms with van der Waals surface area (Å²) in [6, 6.07) is 2.90. The van der Waals surface area contributed by atoms with Crippen molar-refractivity contribution < 1.29 is 4.39 Å². The molecule has 1 N–H and O–H groups in total. The molecule has 90 valence electrons. The predicted molar refractivity (Wildman–Crippen MR) is 70.8 cm³/mol. The van der Waals surface area contributed by atoms with Gasteiger partial charge in [-0.05, 0) is 55.8 Å². The van der Waals surface area contributed by atoms with Gasteiger partial charge in [0.15, 0.2) is 0 Å². The van der Waals surface area contributed by atoms with Gasteiger partial charge >= 0.3 is 0 Å². The third kappa shape index (κ3) is 4.39. The Bertz CT molecular complexity index is 365. The number of hydrogen-bond acceptors (Lipinski definition) is 3. The molecule has 1 atom stereocenters.